The maximum Gasteiger partial charge on any atom is 0.240 e. The van der Waals surface area contributed by atoms with E-state index in [0.29, 0.717) is 11.5 Å². The molecule has 136 valence electrons. The van der Waals surface area contributed by atoms with Crippen LogP contribution in [0.4, 0.5) is 0 Å². The molecule has 0 atom stereocenters. The van der Waals surface area contributed by atoms with Crippen molar-refractivity contribution >= 4 is 10.0 Å². The van der Waals surface area contributed by atoms with Gasteiger partial charge in [-0.1, -0.05) is 31.5 Å². The lowest BCUT2D eigenvalue weighted by Gasteiger charge is -2.11. The van der Waals surface area contributed by atoms with E-state index in [-0.39, 0.29) is 11.4 Å². The van der Waals surface area contributed by atoms with Crippen LogP contribution in [-0.4, -0.2) is 22.6 Å². The first-order valence-electron chi connectivity index (χ1n) is 8.29. The molecule has 0 aliphatic rings. The summed E-state index contributed by atoms with van der Waals surface area (Å²) in [7, 11) is -0.446. The second-order valence-electron chi connectivity index (χ2n) is 5.76. The monoisotopic (exact) mass is 363 g/mol. The average Bonchev–Trinajstić information content (AvgIpc) is 2.64. The van der Waals surface area contributed by atoms with E-state index in [2.05, 4.69) is 11.6 Å². The minimum atomic E-state index is -3.55. The summed E-state index contributed by atoms with van der Waals surface area (Å²) < 4.78 is 37.9. The van der Waals surface area contributed by atoms with Crippen molar-refractivity contribution in [2.75, 3.05) is 14.2 Å². The Balaban J connectivity index is 2.06. The molecule has 0 aromatic heterocycles. The Morgan fingerprint density at radius 1 is 0.920 bits per heavy atom. The summed E-state index contributed by atoms with van der Waals surface area (Å²) in [6, 6.07) is 12.4. The molecule has 0 saturated heterocycles. The Bertz CT molecular complexity index is 786. The molecule has 25 heavy (non-hydrogen) atoms. The molecule has 0 amide bonds. The number of rotatable bonds is 9. The number of benzene rings is 2. The van der Waals surface area contributed by atoms with Gasteiger partial charge in [-0.05, 0) is 48.2 Å². The van der Waals surface area contributed by atoms with Crippen molar-refractivity contribution in [1.82, 2.24) is 4.72 Å². The third-order valence-corrected chi connectivity index (χ3v) is 5.38. The lowest BCUT2D eigenvalue weighted by molar-refractivity contribution is 0.354. The zero-order valence-electron chi connectivity index (χ0n) is 14.9. The third kappa shape index (κ3) is 5.21. The molecule has 0 spiro atoms. The number of hydrogen-bond donors (Lipinski definition) is 1. The van der Waals surface area contributed by atoms with Gasteiger partial charge < -0.3 is 9.47 Å². The lowest BCUT2D eigenvalue weighted by Crippen LogP contribution is -2.23. The van der Waals surface area contributed by atoms with Crippen LogP contribution in [0.3, 0.4) is 0 Å². The van der Waals surface area contributed by atoms with E-state index in [1.54, 1.807) is 44.6 Å². The first kappa shape index (κ1) is 19.3. The van der Waals surface area contributed by atoms with Gasteiger partial charge in [0.25, 0.3) is 0 Å². The molecular formula is C19H25NO4S. The zero-order chi connectivity index (χ0) is 18.3. The maximum atomic E-state index is 12.4. The van der Waals surface area contributed by atoms with Crippen molar-refractivity contribution < 1.29 is 17.9 Å². The van der Waals surface area contributed by atoms with Gasteiger partial charge in [0.05, 0.1) is 19.1 Å². The van der Waals surface area contributed by atoms with E-state index in [4.69, 9.17) is 9.47 Å². The molecule has 0 bridgehead atoms. The van der Waals surface area contributed by atoms with Crippen molar-refractivity contribution in [2.24, 2.45) is 0 Å². The van der Waals surface area contributed by atoms with Gasteiger partial charge in [-0.3, -0.25) is 0 Å². The maximum absolute atomic E-state index is 12.4. The summed E-state index contributed by atoms with van der Waals surface area (Å²) in [5, 5.41) is 0. The average molecular weight is 363 g/mol. The molecule has 0 radical (unpaired) electrons. The molecule has 5 nitrogen and oxygen atoms in total. The molecule has 2 aromatic carbocycles. The van der Waals surface area contributed by atoms with Crippen molar-refractivity contribution in [3.63, 3.8) is 0 Å². The fraction of sp³-hybridized carbons (Fsp3) is 0.368. The Labute approximate surface area is 150 Å². The Hall–Kier alpha value is -2.05. The zero-order valence-corrected chi connectivity index (χ0v) is 15.7. The highest BCUT2D eigenvalue weighted by Crippen LogP contribution is 2.27. The van der Waals surface area contributed by atoms with Crippen LogP contribution in [0.25, 0.3) is 0 Å². The van der Waals surface area contributed by atoms with Crippen LogP contribution in [0.2, 0.25) is 0 Å². The number of nitrogens with one attached hydrogen (secondary N) is 1. The molecule has 0 aliphatic carbocycles. The topological polar surface area (TPSA) is 64.6 Å². The van der Waals surface area contributed by atoms with E-state index in [0.717, 1.165) is 30.4 Å². The summed E-state index contributed by atoms with van der Waals surface area (Å²) >= 11 is 0. The van der Waals surface area contributed by atoms with Crippen LogP contribution in [0.1, 0.15) is 30.9 Å². The van der Waals surface area contributed by atoms with E-state index in [1.165, 1.54) is 0 Å². The number of unbranched alkanes of at least 4 members (excludes halogenated alkanes) is 1. The minimum Gasteiger partial charge on any atom is -0.493 e. The van der Waals surface area contributed by atoms with Gasteiger partial charge in [0.1, 0.15) is 0 Å². The van der Waals surface area contributed by atoms with Crippen LogP contribution < -0.4 is 14.2 Å². The molecule has 6 heteroatoms. The molecule has 0 fully saturated rings. The second kappa shape index (κ2) is 8.87. The van der Waals surface area contributed by atoms with Crippen molar-refractivity contribution in [2.45, 2.75) is 37.6 Å². The highest BCUT2D eigenvalue weighted by molar-refractivity contribution is 7.89. The largest absolute Gasteiger partial charge is 0.493 e. The Kier molecular flexibility index (Phi) is 6.84. The van der Waals surface area contributed by atoms with Crippen LogP contribution in [0.5, 0.6) is 11.5 Å². The number of hydrogen-bond acceptors (Lipinski definition) is 4. The van der Waals surface area contributed by atoms with E-state index in [1.807, 2.05) is 12.1 Å². The SMILES string of the molecule is CCCCc1ccc(S(=O)(=O)NCc2ccc(OC)c(OC)c2)cc1. The van der Waals surface area contributed by atoms with Crippen molar-refractivity contribution in [3.8, 4) is 11.5 Å². The van der Waals surface area contributed by atoms with Gasteiger partial charge in [0.15, 0.2) is 11.5 Å². The molecule has 1 N–H and O–H groups in total. The van der Waals surface area contributed by atoms with Gasteiger partial charge in [-0.2, -0.15) is 0 Å². The van der Waals surface area contributed by atoms with Crippen molar-refractivity contribution in [1.29, 1.82) is 0 Å². The van der Waals surface area contributed by atoms with Crippen LogP contribution in [0, 0.1) is 0 Å². The highest BCUT2D eigenvalue weighted by atomic mass is 32.2. The predicted octanol–water partition coefficient (Wildman–Crippen LogP) is 3.52. The van der Waals surface area contributed by atoms with Crippen molar-refractivity contribution in [3.05, 3.63) is 53.6 Å². The highest BCUT2D eigenvalue weighted by Gasteiger charge is 2.14. The molecule has 0 heterocycles. The molecule has 0 aliphatic heterocycles. The molecule has 0 unspecified atom stereocenters. The fourth-order valence-corrected chi connectivity index (χ4v) is 3.49. The molecule has 2 aromatic rings. The summed E-state index contributed by atoms with van der Waals surface area (Å²) in [5.41, 5.74) is 1.95. The van der Waals surface area contributed by atoms with Crippen LogP contribution in [0.15, 0.2) is 47.4 Å². The summed E-state index contributed by atoms with van der Waals surface area (Å²) in [6.45, 7) is 2.32. The van der Waals surface area contributed by atoms with E-state index >= 15 is 0 Å². The standard InChI is InChI=1S/C19H25NO4S/c1-4-5-6-15-7-10-17(11-8-15)25(21,22)20-14-16-9-12-18(23-2)19(13-16)24-3/h7-13,20H,4-6,14H2,1-3H3. The summed E-state index contributed by atoms with van der Waals surface area (Å²) in [6.07, 6.45) is 3.19. The smallest absolute Gasteiger partial charge is 0.240 e. The van der Waals surface area contributed by atoms with Gasteiger partial charge in [-0.15, -0.1) is 0 Å². The summed E-state index contributed by atoms with van der Waals surface area (Å²) in [5.74, 6) is 1.18. The molecule has 2 rings (SSSR count). The summed E-state index contributed by atoms with van der Waals surface area (Å²) in [4.78, 5) is 0.272. The quantitative estimate of drug-likeness (QED) is 0.740. The van der Waals surface area contributed by atoms with Gasteiger partial charge in [0.2, 0.25) is 10.0 Å². The van der Waals surface area contributed by atoms with Crippen LogP contribution >= 0.6 is 0 Å². The normalized spacial score (nSPS) is 11.3. The number of methoxy groups -OCH3 is 2. The first-order chi connectivity index (χ1) is 12.0. The number of aryl methyl sites for hydroxylation is 1. The first-order valence-corrected chi connectivity index (χ1v) is 9.78. The fourth-order valence-electron chi connectivity index (χ4n) is 2.47. The predicted molar refractivity (Wildman–Crippen MR) is 98.6 cm³/mol. The van der Waals surface area contributed by atoms with Gasteiger partial charge in [-0.25, -0.2) is 13.1 Å². The van der Waals surface area contributed by atoms with Gasteiger partial charge >= 0.3 is 0 Å². The van der Waals surface area contributed by atoms with Crippen LogP contribution in [-0.2, 0) is 23.0 Å². The Morgan fingerprint density at radius 3 is 2.16 bits per heavy atom. The number of sulfonamides is 1. The number of ether oxygens (including phenoxy) is 2. The lowest BCUT2D eigenvalue weighted by atomic mass is 10.1. The van der Waals surface area contributed by atoms with E-state index in [9.17, 15) is 8.42 Å². The Morgan fingerprint density at radius 2 is 1.56 bits per heavy atom. The molecular weight excluding hydrogens is 338 g/mol. The van der Waals surface area contributed by atoms with Gasteiger partial charge in [0, 0.05) is 6.54 Å². The minimum absolute atomic E-state index is 0.181. The third-order valence-electron chi connectivity index (χ3n) is 3.97. The second-order valence-corrected chi connectivity index (χ2v) is 7.53. The molecule has 0 saturated carbocycles. The van der Waals surface area contributed by atoms with E-state index < -0.39 is 10.0 Å².